The van der Waals surface area contributed by atoms with E-state index in [1.165, 1.54) is 4.57 Å². The van der Waals surface area contributed by atoms with Gasteiger partial charge in [-0.1, -0.05) is 39.0 Å². The Balaban J connectivity index is 1.97. The number of phenolic OH excluding ortho intramolecular Hbond substituents is 1. The molecule has 0 aliphatic heterocycles. The molecule has 0 radical (unpaired) electrons. The van der Waals surface area contributed by atoms with Crippen LogP contribution in [0.1, 0.15) is 43.7 Å². The Labute approximate surface area is 189 Å². The normalized spacial score (nSPS) is 11.6. The van der Waals surface area contributed by atoms with E-state index in [9.17, 15) is 14.7 Å². The number of hydrogen-bond acceptors (Lipinski definition) is 6. The van der Waals surface area contributed by atoms with Gasteiger partial charge in [0.1, 0.15) is 5.52 Å². The van der Waals surface area contributed by atoms with Crippen molar-refractivity contribution in [3.63, 3.8) is 0 Å². The van der Waals surface area contributed by atoms with Crippen LogP contribution in [-0.2, 0) is 5.41 Å². The molecule has 0 aliphatic rings. The molecule has 0 aliphatic carbocycles. The molecule has 0 saturated carbocycles. The first-order valence-corrected chi connectivity index (χ1v) is 10.5. The number of nitrogens with zero attached hydrogens (tertiary/aromatic N) is 3. The van der Waals surface area contributed by atoms with Gasteiger partial charge in [-0.3, -0.25) is 4.79 Å². The molecular weight excluding hydrogens is 422 g/mol. The van der Waals surface area contributed by atoms with Gasteiger partial charge in [-0.05, 0) is 42.2 Å². The minimum atomic E-state index is -0.833. The molecule has 0 unspecified atom stereocenters. The van der Waals surface area contributed by atoms with Crippen molar-refractivity contribution < 1.29 is 14.6 Å². The van der Waals surface area contributed by atoms with Crippen molar-refractivity contribution in [1.29, 1.82) is 0 Å². The van der Waals surface area contributed by atoms with Gasteiger partial charge in [0, 0.05) is 0 Å². The molecule has 0 fully saturated rings. The molecular formula is C24H25N5O4. The summed E-state index contributed by atoms with van der Waals surface area (Å²) in [6.07, 6.45) is 0. The molecule has 4 rings (SSSR count). The van der Waals surface area contributed by atoms with Crippen LogP contribution in [0.25, 0.3) is 28.2 Å². The lowest BCUT2D eigenvalue weighted by Crippen LogP contribution is -2.16. The zero-order valence-corrected chi connectivity index (χ0v) is 18.8. The van der Waals surface area contributed by atoms with Crippen LogP contribution in [0, 0.1) is 0 Å². The third-order valence-corrected chi connectivity index (χ3v) is 5.30. The SMILES string of the molecule is CCOc1cccc(-c2nc(C(N)=O)c3[nH]c(=O)n(-c4ccc(C(C)(C)C)cc4)c3n2)c1O. The van der Waals surface area contributed by atoms with Gasteiger partial charge in [0.15, 0.2) is 28.7 Å². The molecule has 9 heteroatoms. The number of carbonyl (C=O) groups excluding carboxylic acids is 1. The van der Waals surface area contributed by atoms with E-state index in [0.717, 1.165) is 5.56 Å². The van der Waals surface area contributed by atoms with E-state index >= 15 is 0 Å². The number of primary amides is 1. The summed E-state index contributed by atoms with van der Waals surface area (Å²) in [7, 11) is 0. The van der Waals surface area contributed by atoms with Gasteiger partial charge < -0.3 is 20.6 Å². The number of rotatable bonds is 5. The van der Waals surface area contributed by atoms with Crippen LogP contribution in [0.4, 0.5) is 0 Å². The van der Waals surface area contributed by atoms with Crippen LogP contribution >= 0.6 is 0 Å². The van der Waals surface area contributed by atoms with Crippen LogP contribution in [0.15, 0.2) is 47.3 Å². The van der Waals surface area contributed by atoms with Gasteiger partial charge in [0.05, 0.1) is 17.9 Å². The second kappa shape index (κ2) is 8.09. The van der Waals surface area contributed by atoms with E-state index in [1.54, 1.807) is 25.1 Å². The monoisotopic (exact) mass is 447 g/mol. The first-order valence-electron chi connectivity index (χ1n) is 10.5. The lowest BCUT2D eigenvalue weighted by Gasteiger charge is -2.19. The summed E-state index contributed by atoms with van der Waals surface area (Å²) in [6.45, 7) is 8.44. The number of amides is 1. The Bertz CT molecular complexity index is 1410. The third kappa shape index (κ3) is 3.93. The Morgan fingerprint density at radius 3 is 2.45 bits per heavy atom. The second-order valence-electron chi connectivity index (χ2n) is 8.61. The highest BCUT2D eigenvalue weighted by atomic mass is 16.5. The number of ether oxygens (including phenoxy) is 1. The highest BCUT2D eigenvalue weighted by molar-refractivity contribution is 6.02. The molecule has 0 spiro atoms. The van der Waals surface area contributed by atoms with E-state index < -0.39 is 11.6 Å². The predicted molar refractivity (Wildman–Crippen MR) is 125 cm³/mol. The van der Waals surface area contributed by atoms with E-state index in [-0.39, 0.29) is 45.2 Å². The summed E-state index contributed by atoms with van der Waals surface area (Å²) in [5.41, 5.74) is 7.06. The van der Waals surface area contributed by atoms with E-state index in [0.29, 0.717) is 12.3 Å². The zero-order valence-electron chi connectivity index (χ0n) is 18.8. The standard InChI is InChI=1S/C24H25N5O4/c1-5-33-16-8-6-7-15(19(16)30)21-26-17(20(25)31)18-22(28-21)29(23(32)27-18)14-11-9-13(10-12-14)24(2,3)4/h6-12,30H,5H2,1-4H3,(H2,25,31)(H,27,32). The molecule has 33 heavy (non-hydrogen) atoms. The smallest absolute Gasteiger partial charge is 0.332 e. The molecule has 0 saturated heterocycles. The summed E-state index contributed by atoms with van der Waals surface area (Å²) in [5.74, 6) is -0.716. The molecule has 2 aromatic carbocycles. The van der Waals surface area contributed by atoms with Crippen LogP contribution in [-0.4, -0.2) is 37.1 Å². The van der Waals surface area contributed by atoms with Crippen molar-refractivity contribution in [3.8, 4) is 28.6 Å². The first-order chi connectivity index (χ1) is 15.6. The number of imidazole rings is 1. The largest absolute Gasteiger partial charge is 0.504 e. The molecule has 2 aromatic heterocycles. The summed E-state index contributed by atoms with van der Waals surface area (Å²) >= 11 is 0. The summed E-state index contributed by atoms with van der Waals surface area (Å²) in [6, 6.07) is 12.4. The zero-order chi connectivity index (χ0) is 23.9. The Morgan fingerprint density at radius 1 is 1.15 bits per heavy atom. The van der Waals surface area contributed by atoms with E-state index in [4.69, 9.17) is 10.5 Å². The number of H-pyrrole nitrogens is 1. The Kier molecular flexibility index (Phi) is 5.41. The number of nitrogens with one attached hydrogen (secondary N) is 1. The number of aromatic nitrogens is 4. The number of aromatic amines is 1. The molecule has 9 nitrogen and oxygen atoms in total. The van der Waals surface area contributed by atoms with Gasteiger partial charge >= 0.3 is 5.69 Å². The van der Waals surface area contributed by atoms with Crippen molar-refractivity contribution >= 4 is 17.1 Å². The number of aromatic hydroxyl groups is 1. The van der Waals surface area contributed by atoms with Crippen molar-refractivity contribution in [2.75, 3.05) is 6.61 Å². The van der Waals surface area contributed by atoms with Crippen LogP contribution in [0.5, 0.6) is 11.5 Å². The third-order valence-electron chi connectivity index (χ3n) is 5.30. The molecule has 170 valence electrons. The topological polar surface area (TPSA) is 136 Å². The van der Waals surface area contributed by atoms with Gasteiger partial charge in [0.25, 0.3) is 5.91 Å². The van der Waals surface area contributed by atoms with Crippen LogP contribution < -0.4 is 16.2 Å². The molecule has 4 aromatic rings. The summed E-state index contributed by atoms with van der Waals surface area (Å²) in [5, 5.41) is 10.7. The Morgan fingerprint density at radius 2 is 1.85 bits per heavy atom. The fourth-order valence-electron chi connectivity index (χ4n) is 3.61. The average molecular weight is 447 g/mol. The minimum Gasteiger partial charge on any atom is -0.504 e. The van der Waals surface area contributed by atoms with Crippen molar-refractivity contribution in [2.45, 2.75) is 33.1 Å². The summed E-state index contributed by atoms with van der Waals surface area (Å²) < 4.78 is 6.79. The average Bonchev–Trinajstić information content (AvgIpc) is 3.09. The fourth-order valence-corrected chi connectivity index (χ4v) is 3.61. The molecule has 4 N–H and O–H groups in total. The highest BCUT2D eigenvalue weighted by Gasteiger charge is 2.22. The number of para-hydroxylation sites is 1. The first kappa shape index (κ1) is 22.1. The number of benzene rings is 2. The number of fused-ring (bicyclic) bond motifs is 1. The lowest BCUT2D eigenvalue weighted by atomic mass is 9.87. The number of hydrogen-bond donors (Lipinski definition) is 3. The van der Waals surface area contributed by atoms with Gasteiger partial charge in [-0.25, -0.2) is 19.3 Å². The number of nitrogens with two attached hydrogens (primary N) is 1. The van der Waals surface area contributed by atoms with Crippen LogP contribution in [0.3, 0.4) is 0 Å². The van der Waals surface area contributed by atoms with E-state index in [1.807, 2.05) is 24.3 Å². The molecule has 1 amide bonds. The fraction of sp³-hybridized carbons (Fsp3) is 0.250. The maximum absolute atomic E-state index is 12.9. The predicted octanol–water partition coefficient (Wildman–Crippen LogP) is 3.28. The second-order valence-corrected chi connectivity index (χ2v) is 8.61. The maximum atomic E-state index is 12.9. The summed E-state index contributed by atoms with van der Waals surface area (Å²) in [4.78, 5) is 36.4. The van der Waals surface area contributed by atoms with Gasteiger partial charge in [0.2, 0.25) is 0 Å². The Hall–Kier alpha value is -4.14. The van der Waals surface area contributed by atoms with Gasteiger partial charge in [-0.15, -0.1) is 0 Å². The highest BCUT2D eigenvalue weighted by Crippen LogP contribution is 2.36. The van der Waals surface area contributed by atoms with Crippen molar-refractivity contribution in [1.82, 2.24) is 19.5 Å². The van der Waals surface area contributed by atoms with Gasteiger partial charge in [-0.2, -0.15) is 0 Å². The molecule has 0 atom stereocenters. The minimum absolute atomic E-state index is 0.0365. The molecule has 0 bridgehead atoms. The van der Waals surface area contributed by atoms with Crippen molar-refractivity contribution in [2.24, 2.45) is 5.73 Å². The number of phenols is 1. The lowest BCUT2D eigenvalue weighted by molar-refractivity contribution is 0.0997. The van der Waals surface area contributed by atoms with Crippen LogP contribution in [0.2, 0.25) is 0 Å². The quantitative estimate of drug-likeness (QED) is 0.429. The maximum Gasteiger partial charge on any atom is 0.332 e. The van der Waals surface area contributed by atoms with Crippen molar-refractivity contribution in [3.05, 3.63) is 64.2 Å². The van der Waals surface area contributed by atoms with E-state index in [2.05, 4.69) is 35.7 Å². The number of carbonyl (C=O) groups is 1. The molecule has 2 heterocycles.